The molecule has 0 heterocycles. The first kappa shape index (κ1) is 13.1. The molecule has 2 N–H and O–H groups in total. The maximum atomic E-state index is 11.6. The molecular formula is C14H15N3O2. The molecule has 2 amide bonds. The second kappa shape index (κ2) is 6.01. The van der Waals surface area contributed by atoms with Gasteiger partial charge in [0.05, 0.1) is 6.07 Å². The summed E-state index contributed by atoms with van der Waals surface area (Å²) in [4.78, 5) is 22.8. The summed E-state index contributed by atoms with van der Waals surface area (Å²) in [5, 5.41) is 13.9. The smallest absolute Gasteiger partial charge is 0.234 e. The maximum absolute atomic E-state index is 11.6. The van der Waals surface area contributed by atoms with E-state index in [2.05, 4.69) is 10.6 Å². The van der Waals surface area contributed by atoms with Crippen LogP contribution in [-0.4, -0.2) is 11.8 Å². The number of carbonyl (C=O) groups is 2. The molecule has 0 aliphatic heterocycles. The maximum Gasteiger partial charge on any atom is 0.234 e. The van der Waals surface area contributed by atoms with Crippen LogP contribution in [0.15, 0.2) is 24.3 Å². The fourth-order valence-corrected chi connectivity index (χ4v) is 1.68. The van der Waals surface area contributed by atoms with E-state index < -0.39 is 0 Å². The van der Waals surface area contributed by atoms with Gasteiger partial charge in [-0.25, -0.2) is 0 Å². The Balaban J connectivity index is 1.89. The van der Waals surface area contributed by atoms with Crippen molar-refractivity contribution in [1.29, 1.82) is 5.26 Å². The first-order valence-corrected chi connectivity index (χ1v) is 6.22. The molecule has 5 heteroatoms. The Hall–Kier alpha value is -2.35. The van der Waals surface area contributed by atoms with Crippen LogP contribution in [-0.2, 0) is 16.1 Å². The molecule has 1 saturated carbocycles. The standard InChI is InChI=1S/C14H15N3O2/c15-7-6-13(18)16-9-10-2-1-3-12(8-10)17-14(19)11-4-5-11/h1-3,8,11H,4-6,9H2,(H,16,18)(H,17,19). The van der Waals surface area contributed by atoms with Crippen LogP contribution >= 0.6 is 0 Å². The molecule has 0 unspecified atom stereocenters. The Morgan fingerprint density at radius 3 is 2.84 bits per heavy atom. The van der Waals surface area contributed by atoms with Gasteiger partial charge < -0.3 is 10.6 Å². The third-order valence-electron chi connectivity index (χ3n) is 2.87. The summed E-state index contributed by atoms with van der Waals surface area (Å²) in [5.41, 5.74) is 1.63. The van der Waals surface area contributed by atoms with Crippen LogP contribution < -0.4 is 10.6 Å². The van der Waals surface area contributed by atoms with Crippen LogP contribution in [0.5, 0.6) is 0 Å². The third-order valence-corrected chi connectivity index (χ3v) is 2.87. The van der Waals surface area contributed by atoms with Gasteiger partial charge in [0.15, 0.2) is 0 Å². The number of nitrogens with one attached hydrogen (secondary N) is 2. The highest BCUT2D eigenvalue weighted by Crippen LogP contribution is 2.30. The van der Waals surface area contributed by atoms with Crippen LogP contribution in [0.2, 0.25) is 0 Å². The zero-order valence-electron chi connectivity index (χ0n) is 10.5. The van der Waals surface area contributed by atoms with Gasteiger partial charge in [-0.15, -0.1) is 0 Å². The minimum atomic E-state index is -0.296. The number of nitriles is 1. The molecule has 19 heavy (non-hydrogen) atoms. The predicted octanol–water partition coefficient (Wildman–Crippen LogP) is 1.56. The Morgan fingerprint density at radius 2 is 2.16 bits per heavy atom. The first-order valence-electron chi connectivity index (χ1n) is 6.22. The Bertz CT molecular complexity index is 530. The molecule has 1 aliphatic rings. The lowest BCUT2D eigenvalue weighted by molar-refractivity contribution is -0.120. The Labute approximate surface area is 111 Å². The summed E-state index contributed by atoms with van der Waals surface area (Å²) in [7, 11) is 0. The number of hydrogen-bond donors (Lipinski definition) is 2. The van der Waals surface area contributed by atoms with Crippen LogP contribution in [0.3, 0.4) is 0 Å². The number of hydrogen-bond acceptors (Lipinski definition) is 3. The van der Waals surface area contributed by atoms with Crippen molar-refractivity contribution in [2.75, 3.05) is 5.32 Å². The first-order chi connectivity index (χ1) is 9.19. The molecule has 98 valence electrons. The summed E-state index contributed by atoms with van der Waals surface area (Å²) in [6.45, 7) is 0.355. The van der Waals surface area contributed by atoms with E-state index in [1.54, 1.807) is 6.07 Å². The fraction of sp³-hybridized carbons (Fsp3) is 0.357. The summed E-state index contributed by atoms with van der Waals surface area (Å²) < 4.78 is 0. The number of anilines is 1. The largest absolute Gasteiger partial charge is 0.351 e. The molecular weight excluding hydrogens is 242 g/mol. The van der Waals surface area contributed by atoms with E-state index in [-0.39, 0.29) is 24.2 Å². The normalized spacial score (nSPS) is 13.4. The molecule has 2 rings (SSSR count). The molecule has 1 aliphatic carbocycles. The van der Waals surface area contributed by atoms with Gasteiger partial charge in [0.1, 0.15) is 6.42 Å². The van der Waals surface area contributed by atoms with Crippen molar-refractivity contribution in [1.82, 2.24) is 5.32 Å². The molecule has 0 aromatic heterocycles. The van der Waals surface area contributed by atoms with Crippen LogP contribution in [0.1, 0.15) is 24.8 Å². The number of amides is 2. The molecule has 1 aromatic rings. The van der Waals surface area contributed by atoms with Gasteiger partial charge in [-0.3, -0.25) is 9.59 Å². The zero-order chi connectivity index (χ0) is 13.7. The van der Waals surface area contributed by atoms with Crippen molar-refractivity contribution < 1.29 is 9.59 Å². The minimum absolute atomic E-state index is 0.0608. The van der Waals surface area contributed by atoms with Crippen LogP contribution in [0.4, 0.5) is 5.69 Å². The number of rotatable bonds is 5. The molecule has 0 saturated heterocycles. The third kappa shape index (κ3) is 4.11. The van der Waals surface area contributed by atoms with E-state index in [1.807, 2.05) is 24.3 Å². The van der Waals surface area contributed by atoms with E-state index in [1.165, 1.54) is 0 Å². The van der Waals surface area contributed by atoms with Crippen molar-refractivity contribution in [2.45, 2.75) is 25.8 Å². The van der Waals surface area contributed by atoms with Gasteiger partial charge in [-0.1, -0.05) is 12.1 Å². The van der Waals surface area contributed by atoms with Gasteiger partial charge in [-0.2, -0.15) is 5.26 Å². The van der Waals surface area contributed by atoms with E-state index in [4.69, 9.17) is 5.26 Å². The van der Waals surface area contributed by atoms with E-state index in [9.17, 15) is 9.59 Å². The number of nitrogens with zero attached hydrogens (tertiary/aromatic N) is 1. The second-order valence-electron chi connectivity index (χ2n) is 4.58. The molecule has 0 radical (unpaired) electrons. The van der Waals surface area contributed by atoms with Crippen LogP contribution in [0.25, 0.3) is 0 Å². The van der Waals surface area contributed by atoms with Gasteiger partial charge >= 0.3 is 0 Å². The van der Waals surface area contributed by atoms with Gasteiger partial charge in [0.2, 0.25) is 11.8 Å². The van der Waals surface area contributed by atoms with Gasteiger partial charge in [0.25, 0.3) is 0 Å². The monoisotopic (exact) mass is 257 g/mol. The summed E-state index contributed by atoms with van der Waals surface area (Å²) >= 11 is 0. The Morgan fingerprint density at radius 1 is 1.37 bits per heavy atom. The van der Waals surface area contributed by atoms with Gasteiger partial charge in [-0.05, 0) is 30.5 Å². The lowest BCUT2D eigenvalue weighted by atomic mass is 10.2. The SMILES string of the molecule is N#CCC(=O)NCc1cccc(NC(=O)C2CC2)c1. The quantitative estimate of drug-likeness (QED) is 0.839. The zero-order valence-corrected chi connectivity index (χ0v) is 10.5. The average Bonchev–Trinajstić information content (AvgIpc) is 3.21. The van der Waals surface area contributed by atoms with Crippen molar-refractivity contribution in [2.24, 2.45) is 5.92 Å². The molecule has 5 nitrogen and oxygen atoms in total. The number of benzene rings is 1. The topological polar surface area (TPSA) is 82.0 Å². The van der Waals surface area contributed by atoms with Crippen molar-refractivity contribution in [3.05, 3.63) is 29.8 Å². The minimum Gasteiger partial charge on any atom is -0.351 e. The molecule has 1 fully saturated rings. The Kier molecular flexibility index (Phi) is 4.14. The number of carbonyl (C=O) groups excluding carboxylic acids is 2. The average molecular weight is 257 g/mol. The lowest BCUT2D eigenvalue weighted by Gasteiger charge is -2.07. The summed E-state index contributed by atoms with van der Waals surface area (Å²) in [6.07, 6.45) is 1.80. The van der Waals surface area contributed by atoms with Crippen molar-refractivity contribution in [3.8, 4) is 6.07 Å². The highest BCUT2D eigenvalue weighted by Gasteiger charge is 2.29. The molecule has 0 atom stereocenters. The van der Waals surface area contributed by atoms with Crippen LogP contribution in [0, 0.1) is 17.2 Å². The highest BCUT2D eigenvalue weighted by molar-refractivity contribution is 5.94. The lowest BCUT2D eigenvalue weighted by Crippen LogP contribution is -2.22. The molecule has 0 spiro atoms. The molecule has 0 bridgehead atoms. The highest BCUT2D eigenvalue weighted by atomic mass is 16.2. The fourth-order valence-electron chi connectivity index (χ4n) is 1.68. The molecule has 1 aromatic carbocycles. The summed E-state index contributed by atoms with van der Waals surface area (Å²) in [6, 6.07) is 9.13. The van der Waals surface area contributed by atoms with Crippen molar-refractivity contribution >= 4 is 17.5 Å². The van der Waals surface area contributed by atoms with E-state index in [0.29, 0.717) is 6.54 Å². The van der Waals surface area contributed by atoms with E-state index in [0.717, 1.165) is 24.1 Å². The predicted molar refractivity (Wildman–Crippen MR) is 69.9 cm³/mol. The summed E-state index contributed by atoms with van der Waals surface area (Å²) in [5.74, 6) is -0.0698. The van der Waals surface area contributed by atoms with Crippen molar-refractivity contribution in [3.63, 3.8) is 0 Å². The second-order valence-corrected chi connectivity index (χ2v) is 4.58. The van der Waals surface area contributed by atoms with Gasteiger partial charge in [0, 0.05) is 18.2 Å². The van der Waals surface area contributed by atoms with E-state index >= 15 is 0 Å².